The summed E-state index contributed by atoms with van der Waals surface area (Å²) in [6.45, 7) is 3.59. The zero-order valence-electron chi connectivity index (χ0n) is 12.5. The number of nitrogens with two attached hydrogens (primary N) is 1. The second-order valence-electron chi connectivity index (χ2n) is 5.61. The van der Waals surface area contributed by atoms with Gasteiger partial charge in [-0.15, -0.1) is 0 Å². The summed E-state index contributed by atoms with van der Waals surface area (Å²) in [6, 6.07) is 0.144. The molecule has 1 amide bonds. The Morgan fingerprint density at radius 1 is 1.45 bits per heavy atom. The van der Waals surface area contributed by atoms with Crippen LogP contribution in [0.5, 0.6) is 0 Å². The minimum atomic E-state index is -3.16. The van der Waals surface area contributed by atoms with Crippen molar-refractivity contribution < 1.29 is 13.2 Å². The average molecular weight is 305 g/mol. The first-order chi connectivity index (χ1) is 9.35. The van der Waals surface area contributed by atoms with Crippen molar-refractivity contribution in [3.8, 4) is 0 Å². The maximum absolute atomic E-state index is 12.4. The summed E-state index contributed by atoms with van der Waals surface area (Å²) < 4.78 is 24.6. The van der Waals surface area contributed by atoms with Crippen LogP contribution in [0.15, 0.2) is 0 Å². The second kappa shape index (κ2) is 7.95. The molecule has 2 unspecified atom stereocenters. The number of carbonyl (C=O) groups is 1. The molecule has 0 aromatic heterocycles. The van der Waals surface area contributed by atoms with E-state index < -0.39 is 10.0 Å². The molecule has 0 aliphatic carbocycles. The van der Waals surface area contributed by atoms with Gasteiger partial charge in [-0.1, -0.05) is 6.92 Å². The second-order valence-corrected chi connectivity index (χ2v) is 7.45. The van der Waals surface area contributed by atoms with Crippen LogP contribution in [0.3, 0.4) is 0 Å². The maximum atomic E-state index is 12.4. The van der Waals surface area contributed by atoms with Crippen molar-refractivity contribution in [2.75, 3.05) is 25.9 Å². The van der Waals surface area contributed by atoms with E-state index in [-0.39, 0.29) is 17.9 Å². The average Bonchev–Trinajstić information content (AvgIpc) is 2.37. The predicted molar refractivity (Wildman–Crippen MR) is 79.7 cm³/mol. The van der Waals surface area contributed by atoms with Gasteiger partial charge in [-0.25, -0.2) is 13.1 Å². The number of hydrogen-bond donors (Lipinski definition) is 2. The van der Waals surface area contributed by atoms with Crippen LogP contribution >= 0.6 is 0 Å². The van der Waals surface area contributed by atoms with Gasteiger partial charge < -0.3 is 10.6 Å². The third kappa shape index (κ3) is 5.76. The smallest absolute Gasteiger partial charge is 0.225 e. The van der Waals surface area contributed by atoms with Gasteiger partial charge in [0.15, 0.2) is 0 Å². The van der Waals surface area contributed by atoms with E-state index in [1.807, 2.05) is 11.8 Å². The normalized spacial score (nSPS) is 21.8. The maximum Gasteiger partial charge on any atom is 0.225 e. The minimum Gasteiger partial charge on any atom is -0.339 e. The number of carbonyl (C=O) groups excluding carboxylic acids is 1. The number of piperidine rings is 1. The van der Waals surface area contributed by atoms with E-state index in [1.54, 1.807) is 0 Å². The van der Waals surface area contributed by atoms with Crippen LogP contribution < -0.4 is 10.5 Å². The largest absolute Gasteiger partial charge is 0.339 e. The summed E-state index contributed by atoms with van der Waals surface area (Å²) in [5.74, 6) is 0.1000. The summed E-state index contributed by atoms with van der Waals surface area (Å²) in [5, 5.41) is 0. The summed E-state index contributed by atoms with van der Waals surface area (Å²) in [4.78, 5) is 14.3. The van der Waals surface area contributed by atoms with Crippen molar-refractivity contribution in [2.24, 2.45) is 11.7 Å². The molecule has 20 heavy (non-hydrogen) atoms. The van der Waals surface area contributed by atoms with E-state index in [0.717, 1.165) is 32.1 Å². The number of amides is 1. The highest BCUT2D eigenvalue weighted by Gasteiger charge is 2.29. The quantitative estimate of drug-likeness (QED) is 0.707. The number of rotatable bonds is 7. The van der Waals surface area contributed by atoms with Crippen LogP contribution in [-0.2, 0) is 14.8 Å². The SMILES string of the molecule is CC(CCN)C(=O)N1CCCCC1CCNS(C)(=O)=O. The van der Waals surface area contributed by atoms with Gasteiger partial charge in [-0.2, -0.15) is 0 Å². The summed E-state index contributed by atoms with van der Waals surface area (Å²) in [6.07, 6.45) is 5.60. The van der Waals surface area contributed by atoms with Crippen LogP contribution in [0.2, 0.25) is 0 Å². The number of likely N-dealkylation sites (tertiary alicyclic amines) is 1. The number of nitrogens with one attached hydrogen (secondary N) is 1. The summed E-state index contributed by atoms with van der Waals surface area (Å²) in [5.41, 5.74) is 5.51. The molecular weight excluding hydrogens is 278 g/mol. The molecule has 7 heteroatoms. The lowest BCUT2D eigenvalue weighted by molar-refractivity contribution is -0.139. The molecule has 6 nitrogen and oxygen atoms in total. The molecule has 1 heterocycles. The lowest BCUT2D eigenvalue weighted by Crippen LogP contribution is -2.47. The molecule has 1 rings (SSSR count). The van der Waals surface area contributed by atoms with Crippen molar-refractivity contribution >= 4 is 15.9 Å². The molecule has 0 radical (unpaired) electrons. The van der Waals surface area contributed by atoms with Gasteiger partial charge in [0.25, 0.3) is 0 Å². The fourth-order valence-electron chi connectivity index (χ4n) is 2.66. The molecule has 0 aromatic carbocycles. The Balaban J connectivity index is 2.55. The van der Waals surface area contributed by atoms with Crippen molar-refractivity contribution in [3.05, 3.63) is 0 Å². The predicted octanol–water partition coefficient (Wildman–Crippen LogP) is 0.292. The van der Waals surface area contributed by atoms with Crippen molar-refractivity contribution in [3.63, 3.8) is 0 Å². The molecular formula is C13H27N3O3S. The number of nitrogens with zero attached hydrogens (tertiary/aromatic N) is 1. The van der Waals surface area contributed by atoms with E-state index in [0.29, 0.717) is 25.9 Å². The highest BCUT2D eigenvalue weighted by molar-refractivity contribution is 7.88. The van der Waals surface area contributed by atoms with Crippen molar-refractivity contribution in [1.29, 1.82) is 0 Å². The minimum absolute atomic E-state index is 0.0523. The highest BCUT2D eigenvalue weighted by Crippen LogP contribution is 2.22. The van der Waals surface area contributed by atoms with Crippen LogP contribution in [0.25, 0.3) is 0 Å². The molecule has 0 spiro atoms. The highest BCUT2D eigenvalue weighted by atomic mass is 32.2. The van der Waals surface area contributed by atoms with Crippen LogP contribution in [0.4, 0.5) is 0 Å². The van der Waals surface area contributed by atoms with Crippen LogP contribution in [0.1, 0.15) is 39.0 Å². The van der Waals surface area contributed by atoms with Gasteiger partial charge in [-0.05, 0) is 38.6 Å². The Hall–Kier alpha value is -0.660. The summed E-state index contributed by atoms with van der Waals surface area (Å²) in [7, 11) is -3.16. The Kier molecular flexibility index (Phi) is 6.91. The Labute approximate surface area is 122 Å². The fraction of sp³-hybridized carbons (Fsp3) is 0.923. The first kappa shape index (κ1) is 17.4. The first-order valence-corrected chi connectivity index (χ1v) is 9.19. The fourth-order valence-corrected chi connectivity index (χ4v) is 3.15. The van der Waals surface area contributed by atoms with Gasteiger partial charge in [-0.3, -0.25) is 4.79 Å². The first-order valence-electron chi connectivity index (χ1n) is 7.30. The zero-order chi connectivity index (χ0) is 15.2. The van der Waals surface area contributed by atoms with E-state index in [1.165, 1.54) is 0 Å². The molecule has 1 fully saturated rings. The molecule has 1 aliphatic heterocycles. The van der Waals surface area contributed by atoms with Gasteiger partial charge >= 0.3 is 0 Å². The molecule has 1 aliphatic rings. The third-order valence-corrected chi connectivity index (χ3v) is 4.50. The van der Waals surface area contributed by atoms with Crippen LogP contribution in [-0.4, -0.2) is 51.2 Å². The molecule has 0 bridgehead atoms. The van der Waals surface area contributed by atoms with E-state index in [9.17, 15) is 13.2 Å². The zero-order valence-corrected chi connectivity index (χ0v) is 13.3. The molecule has 118 valence electrons. The number of hydrogen-bond acceptors (Lipinski definition) is 4. The molecule has 1 saturated heterocycles. The van der Waals surface area contributed by atoms with Crippen molar-refractivity contribution in [1.82, 2.24) is 9.62 Å². The molecule has 3 N–H and O–H groups in total. The number of sulfonamides is 1. The topological polar surface area (TPSA) is 92.5 Å². The van der Waals surface area contributed by atoms with E-state index in [4.69, 9.17) is 5.73 Å². The molecule has 0 aromatic rings. The summed E-state index contributed by atoms with van der Waals surface area (Å²) >= 11 is 0. The Bertz CT molecular complexity index is 411. The molecule has 0 saturated carbocycles. The standard InChI is InChI=1S/C13H27N3O3S/c1-11(6-8-14)13(17)16-10-4-3-5-12(16)7-9-15-20(2,18)19/h11-12,15H,3-10,14H2,1-2H3. The van der Waals surface area contributed by atoms with Gasteiger partial charge in [0.1, 0.15) is 0 Å². The van der Waals surface area contributed by atoms with Crippen molar-refractivity contribution in [2.45, 2.75) is 45.1 Å². The monoisotopic (exact) mass is 305 g/mol. The van der Waals surface area contributed by atoms with Gasteiger partial charge in [0.05, 0.1) is 6.26 Å². The van der Waals surface area contributed by atoms with Crippen LogP contribution in [0, 0.1) is 5.92 Å². The van der Waals surface area contributed by atoms with E-state index in [2.05, 4.69) is 4.72 Å². The van der Waals surface area contributed by atoms with Gasteiger partial charge in [0, 0.05) is 25.0 Å². The molecule has 2 atom stereocenters. The van der Waals surface area contributed by atoms with Gasteiger partial charge in [0.2, 0.25) is 15.9 Å². The lowest BCUT2D eigenvalue weighted by Gasteiger charge is -2.37. The van der Waals surface area contributed by atoms with E-state index >= 15 is 0 Å². The lowest BCUT2D eigenvalue weighted by atomic mass is 9.96. The Morgan fingerprint density at radius 3 is 2.75 bits per heavy atom. The Morgan fingerprint density at radius 2 is 2.15 bits per heavy atom. The third-order valence-electron chi connectivity index (χ3n) is 3.77.